The highest BCUT2D eigenvalue weighted by atomic mass is 32.2. The standard InChI is InChI=1S/C8H8N4S/c1-5-6-7(10-4-3-9-6)12-8(11-5)13-2/h3-4H,1-2H3. The summed E-state index contributed by atoms with van der Waals surface area (Å²) in [4.78, 5) is 16.8. The minimum Gasteiger partial charge on any atom is -0.249 e. The molecule has 0 saturated carbocycles. The largest absolute Gasteiger partial charge is 0.249 e. The van der Waals surface area contributed by atoms with E-state index in [-0.39, 0.29) is 0 Å². The second-order valence-electron chi connectivity index (χ2n) is 2.52. The van der Waals surface area contributed by atoms with E-state index in [9.17, 15) is 0 Å². The van der Waals surface area contributed by atoms with Crippen LogP contribution in [0.4, 0.5) is 0 Å². The van der Waals surface area contributed by atoms with Gasteiger partial charge in [0.25, 0.3) is 0 Å². The zero-order valence-electron chi connectivity index (χ0n) is 7.35. The molecule has 0 radical (unpaired) electrons. The van der Waals surface area contributed by atoms with Crippen molar-refractivity contribution in [3.63, 3.8) is 0 Å². The fourth-order valence-electron chi connectivity index (χ4n) is 1.07. The minimum absolute atomic E-state index is 0.666. The molecule has 2 aromatic rings. The molecule has 2 rings (SSSR count). The molecule has 0 aliphatic heterocycles. The molecule has 0 saturated heterocycles. The Bertz CT molecular complexity index is 443. The van der Waals surface area contributed by atoms with Crippen molar-refractivity contribution in [2.75, 3.05) is 6.26 Å². The lowest BCUT2D eigenvalue weighted by Gasteiger charge is -2.00. The van der Waals surface area contributed by atoms with Gasteiger partial charge in [0.05, 0.1) is 5.69 Å². The molecule has 0 bridgehead atoms. The number of hydrogen-bond donors (Lipinski definition) is 0. The zero-order chi connectivity index (χ0) is 9.26. The summed E-state index contributed by atoms with van der Waals surface area (Å²) in [5.41, 5.74) is 2.32. The second-order valence-corrected chi connectivity index (χ2v) is 3.30. The smallest absolute Gasteiger partial charge is 0.189 e. The van der Waals surface area contributed by atoms with E-state index in [1.54, 1.807) is 12.4 Å². The average molecular weight is 192 g/mol. The molecule has 0 aliphatic carbocycles. The van der Waals surface area contributed by atoms with Crippen molar-refractivity contribution in [3.8, 4) is 0 Å². The fourth-order valence-corrected chi connectivity index (χ4v) is 1.48. The van der Waals surface area contributed by atoms with Gasteiger partial charge in [0.1, 0.15) is 5.52 Å². The van der Waals surface area contributed by atoms with Crippen LogP contribution < -0.4 is 0 Å². The summed E-state index contributed by atoms with van der Waals surface area (Å²) in [6, 6.07) is 0. The normalized spacial score (nSPS) is 10.6. The van der Waals surface area contributed by atoms with Crippen molar-refractivity contribution in [2.24, 2.45) is 0 Å². The van der Waals surface area contributed by atoms with E-state index >= 15 is 0 Å². The zero-order valence-corrected chi connectivity index (χ0v) is 8.17. The van der Waals surface area contributed by atoms with Gasteiger partial charge in [-0.05, 0) is 13.2 Å². The number of hydrogen-bond acceptors (Lipinski definition) is 5. The number of nitrogens with zero attached hydrogens (tertiary/aromatic N) is 4. The van der Waals surface area contributed by atoms with Crippen LogP contribution in [-0.4, -0.2) is 26.2 Å². The van der Waals surface area contributed by atoms with Gasteiger partial charge in [0.15, 0.2) is 10.8 Å². The lowest BCUT2D eigenvalue weighted by molar-refractivity contribution is 0.949. The molecular formula is C8H8N4S. The molecule has 0 aliphatic rings. The SMILES string of the molecule is CSc1nc(C)c2nccnc2n1. The van der Waals surface area contributed by atoms with Crippen LogP contribution in [0.2, 0.25) is 0 Å². The first-order chi connectivity index (χ1) is 6.31. The number of thioether (sulfide) groups is 1. The summed E-state index contributed by atoms with van der Waals surface area (Å²) < 4.78 is 0. The quantitative estimate of drug-likeness (QED) is 0.505. The van der Waals surface area contributed by atoms with Gasteiger partial charge >= 0.3 is 0 Å². The molecule has 0 amide bonds. The van der Waals surface area contributed by atoms with Crippen LogP contribution in [0.15, 0.2) is 17.6 Å². The van der Waals surface area contributed by atoms with E-state index in [1.165, 1.54) is 11.8 Å². The number of fused-ring (bicyclic) bond motifs is 1. The third-order valence-corrected chi connectivity index (χ3v) is 2.22. The van der Waals surface area contributed by atoms with E-state index in [0.29, 0.717) is 5.65 Å². The highest BCUT2D eigenvalue weighted by molar-refractivity contribution is 7.98. The number of aryl methyl sites for hydroxylation is 1. The van der Waals surface area contributed by atoms with Crippen LogP contribution in [-0.2, 0) is 0 Å². The Morgan fingerprint density at radius 1 is 1.15 bits per heavy atom. The molecule has 13 heavy (non-hydrogen) atoms. The monoisotopic (exact) mass is 192 g/mol. The molecule has 2 heterocycles. The lowest BCUT2D eigenvalue weighted by atomic mass is 10.4. The highest BCUT2D eigenvalue weighted by Gasteiger charge is 2.04. The first kappa shape index (κ1) is 8.37. The summed E-state index contributed by atoms with van der Waals surface area (Å²) in [7, 11) is 0. The van der Waals surface area contributed by atoms with E-state index in [2.05, 4.69) is 19.9 Å². The van der Waals surface area contributed by atoms with Gasteiger partial charge in [-0.3, -0.25) is 0 Å². The lowest BCUT2D eigenvalue weighted by Crippen LogP contribution is -1.95. The summed E-state index contributed by atoms with van der Waals surface area (Å²) in [6.45, 7) is 1.92. The minimum atomic E-state index is 0.666. The Labute approximate surface area is 79.8 Å². The Morgan fingerprint density at radius 3 is 2.69 bits per heavy atom. The maximum atomic E-state index is 4.27. The van der Waals surface area contributed by atoms with Crippen molar-refractivity contribution < 1.29 is 0 Å². The van der Waals surface area contributed by atoms with Crippen LogP contribution in [0.3, 0.4) is 0 Å². The van der Waals surface area contributed by atoms with Gasteiger partial charge in [0.2, 0.25) is 0 Å². The number of rotatable bonds is 1. The van der Waals surface area contributed by atoms with Gasteiger partial charge in [0, 0.05) is 12.4 Å². The topological polar surface area (TPSA) is 51.6 Å². The molecule has 0 aromatic carbocycles. The average Bonchev–Trinajstić information content (AvgIpc) is 2.18. The maximum Gasteiger partial charge on any atom is 0.189 e. The van der Waals surface area contributed by atoms with Crippen LogP contribution in [0, 0.1) is 6.92 Å². The molecule has 66 valence electrons. The summed E-state index contributed by atoms with van der Waals surface area (Å²) >= 11 is 1.51. The van der Waals surface area contributed by atoms with Crippen molar-refractivity contribution in [1.82, 2.24) is 19.9 Å². The predicted octanol–water partition coefficient (Wildman–Crippen LogP) is 1.45. The van der Waals surface area contributed by atoms with Gasteiger partial charge in [-0.25, -0.2) is 19.9 Å². The molecule has 0 N–H and O–H groups in total. The van der Waals surface area contributed by atoms with Crippen molar-refractivity contribution in [2.45, 2.75) is 12.1 Å². The second kappa shape index (κ2) is 3.26. The van der Waals surface area contributed by atoms with Crippen LogP contribution in [0.1, 0.15) is 5.69 Å². The van der Waals surface area contributed by atoms with E-state index in [1.807, 2.05) is 13.2 Å². The van der Waals surface area contributed by atoms with Crippen LogP contribution in [0.25, 0.3) is 11.2 Å². The van der Waals surface area contributed by atoms with Gasteiger partial charge in [-0.1, -0.05) is 11.8 Å². The highest BCUT2D eigenvalue weighted by Crippen LogP contribution is 2.14. The number of aromatic nitrogens is 4. The molecule has 4 nitrogen and oxygen atoms in total. The molecule has 5 heteroatoms. The van der Waals surface area contributed by atoms with E-state index in [4.69, 9.17) is 0 Å². The molecule has 0 spiro atoms. The molecule has 0 unspecified atom stereocenters. The third-order valence-electron chi connectivity index (χ3n) is 1.67. The molecule has 0 fully saturated rings. The molecular weight excluding hydrogens is 184 g/mol. The van der Waals surface area contributed by atoms with Gasteiger partial charge in [-0.2, -0.15) is 0 Å². The Balaban J connectivity index is 2.77. The van der Waals surface area contributed by atoms with E-state index < -0.39 is 0 Å². The third kappa shape index (κ3) is 1.47. The summed E-state index contributed by atoms with van der Waals surface area (Å²) in [6.07, 6.45) is 5.23. The van der Waals surface area contributed by atoms with Crippen LogP contribution in [0.5, 0.6) is 0 Å². The molecule has 0 atom stereocenters. The Kier molecular flexibility index (Phi) is 2.10. The van der Waals surface area contributed by atoms with Crippen molar-refractivity contribution in [1.29, 1.82) is 0 Å². The van der Waals surface area contributed by atoms with Gasteiger partial charge < -0.3 is 0 Å². The predicted molar refractivity (Wildman–Crippen MR) is 51.6 cm³/mol. The van der Waals surface area contributed by atoms with Crippen LogP contribution >= 0.6 is 11.8 Å². The first-order valence-electron chi connectivity index (χ1n) is 3.80. The van der Waals surface area contributed by atoms with Crippen molar-refractivity contribution in [3.05, 3.63) is 18.1 Å². The van der Waals surface area contributed by atoms with E-state index in [0.717, 1.165) is 16.4 Å². The first-order valence-corrected chi connectivity index (χ1v) is 5.03. The molecule has 2 aromatic heterocycles. The van der Waals surface area contributed by atoms with Crippen molar-refractivity contribution >= 4 is 22.9 Å². The Hall–Kier alpha value is -1.23. The summed E-state index contributed by atoms with van der Waals surface area (Å²) in [5.74, 6) is 0. The summed E-state index contributed by atoms with van der Waals surface area (Å²) in [5, 5.41) is 0.741. The maximum absolute atomic E-state index is 4.27. The fraction of sp³-hybridized carbons (Fsp3) is 0.250. The van der Waals surface area contributed by atoms with Gasteiger partial charge in [-0.15, -0.1) is 0 Å². The Morgan fingerprint density at radius 2 is 1.92 bits per heavy atom.